The number of carbonyl (C=O) groups is 2. The fraction of sp³-hybridized carbons (Fsp3) is 0.579. The van der Waals surface area contributed by atoms with Gasteiger partial charge in [0.2, 0.25) is 17.5 Å². The standard InChI is InChI=1S/C19H24F4N2O3/c20-12-9-13(21)17(23)18(16(12)22)28-10-15(26)14(7-3-4-8-24)25-19(27)11-5-1-2-6-11/h9,11,14H,1-8,10,24H2,(H,25,27). The molecule has 1 unspecified atom stereocenters. The molecule has 1 aliphatic rings. The summed E-state index contributed by atoms with van der Waals surface area (Å²) in [5.41, 5.74) is 5.44. The van der Waals surface area contributed by atoms with Crippen molar-refractivity contribution in [3.8, 4) is 5.75 Å². The van der Waals surface area contributed by atoms with Crippen LogP contribution in [0, 0.1) is 29.2 Å². The molecule has 1 fully saturated rings. The van der Waals surface area contributed by atoms with Crippen molar-refractivity contribution in [3.63, 3.8) is 0 Å². The molecule has 0 heterocycles. The summed E-state index contributed by atoms with van der Waals surface area (Å²) in [7, 11) is 0. The zero-order valence-corrected chi connectivity index (χ0v) is 15.4. The second kappa shape index (κ2) is 10.4. The highest BCUT2D eigenvalue weighted by Crippen LogP contribution is 2.27. The molecule has 1 aromatic carbocycles. The molecule has 1 aliphatic carbocycles. The molecule has 0 aromatic heterocycles. The maximum Gasteiger partial charge on any atom is 0.223 e. The molecule has 0 bridgehead atoms. The molecule has 9 heteroatoms. The normalized spacial score (nSPS) is 15.5. The number of benzene rings is 1. The highest BCUT2D eigenvalue weighted by Gasteiger charge is 2.28. The first-order chi connectivity index (χ1) is 13.3. The second-order valence-electron chi connectivity index (χ2n) is 6.88. The second-order valence-corrected chi connectivity index (χ2v) is 6.88. The topological polar surface area (TPSA) is 81.4 Å². The van der Waals surface area contributed by atoms with E-state index in [1.807, 2.05) is 0 Å². The minimum atomic E-state index is -1.72. The summed E-state index contributed by atoms with van der Waals surface area (Å²) in [6.45, 7) is -0.429. The zero-order valence-electron chi connectivity index (χ0n) is 15.4. The average molecular weight is 404 g/mol. The Morgan fingerprint density at radius 1 is 1.11 bits per heavy atom. The molecule has 1 saturated carbocycles. The summed E-state index contributed by atoms with van der Waals surface area (Å²) in [5.74, 6) is -9.07. The van der Waals surface area contributed by atoms with E-state index in [-0.39, 0.29) is 24.3 Å². The van der Waals surface area contributed by atoms with Crippen molar-refractivity contribution in [1.82, 2.24) is 5.32 Å². The fourth-order valence-corrected chi connectivity index (χ4v) is 3.21. The van der Waals surface area contributed by atoms with Gasteiger partial charge in [0.15, 0.2) is 23.2 Å². The molecule has 28 heavy (non-hydrogen) atoms. The molecule has 0 aliphatic heterocycles. The van der Waals surface area contributed by atoms with E-state index in [9.17, 15) is 27.2 Å². The summed E-state index contributed by atoms with van der Waals surface area (Å²) >= 11 is 0. The van der Waals surface area contributed by atoms with Crippen molar-refractivity contribution >= 4 is 11.7 Å². The van der Waals surface area contributed by atoms with Gasteiger partial charge < -0.3 is 15.8 Å². The van der Waals surface area contributed by atoms with Crippen LogP contribution in [0.4, 0.5) is 17.6 Å². The lowest BCUT2D eigenvalue weighted by Gasteiger charge is -2.20. The Morgan fingerprint density at radius 3 is 2.29 bits per heavy atom. The van der Waals surface area contributed by atoms with E-state index in [1.54, 1.807) is 0 Å². The van der Waals surface area contributed by atoms with Crippen LogP contribution in [0.3, 0.4) is 0 Å². The smallest absolute Gasteiger partial charge is 0.223 e. The van der Waals surface area contributed by atoms with E-state index in [1.165, 1.54) is 0 Å². The maximum atomic E-state index is 13.7. The summed E-state index contributed by atoms with van der Waals surface area (Å²) in [6.07, 6.45) is 4.82. The highest BCUT2D eigenvalue weighted by atomic mass is 19.2. The third-order valence-corrected chi connectivity index (χ3v) is 4.81. The molecule has 2 rings (SSSR count). The first-order valence-corrected chi connectivity index (χ1v) is 9.34. The highest BCUT2D eigenvalue weighted by molar-refractivity contribution is 5.90. The zero-order chi connectivity index (χ0) is 20.7. The monoisotopic (exact) mass is 404 g/mol. The van der Waals surface area contributed by atoms with Crippen LogP contribution in [0.5, 0.6) is 5.75 Å². The van der Waals surface area contributed by atoms with Crippen LogP contribution in [0.15, 0.2) is 6.07 Å². The molecule has 0 spiro atoms. The molecule has 5 nitrogen and oxygen atoms in total. The Kier molecular flexibility index (Phi) is 8.22. The van der Waals surface area contributed by atoms with Crippen LogP contribution in [0.2, 0.25) is 0 Å². The van der Waals surface area contributed by atoms with Gasteiger partial charge in [0.1, 0.15) is 6.61 Å². The molecule has 1 amide bonds. The Morgan fingerprint density at radius 2 is 1.71 bits per heavy atom. The van der Waals surface area contributed by atoms with Crippen LogP contribution in [-0.4, -0.2) is 30.9 Å². The number of unbranched alkanes of at least 4 members (excludes halogenated alkanes) is 1. The molecule has 0 radical (unpaired) electrons. The van der Waals surface area contributed by atoms with Gasteiger partial charge >= 0.3 is 0 Å². The van der Waals surface area contributed by atoms with Gasteiger partial charge in [-0.15, -0.1) is 0 Å². The van der Waals surface area contributed by atoms with Crippen molar-refractivity contribution in [2.75, 3.05) is 13.2 Å². The number of halogens is 4. The van der Waals surface area contributed by atoms with Gasteiger partial charge in [-0.25, -0.2) is 8.78 Å². The predicted octanol–water partition coefficient (Wildman–Crippen LogP) is 2.99. The third kappa shape index (κ3) is 5.67. The molecular weight excluding hydrogens is 380 g/mol. The molecule has 1 atom stereocenters. The number of nitrogens with two attached hydrogens (primary N) is 1. The quantitative estimate of drug-likeness (QED) is 0.357. The fourth-order valence-electron chi connectivity index (χ4n) is 3.21. The third-order valence-electron chi connectivity index (χ3n) is 4.81. The summed E-state index contributed by atoms with van der Waals surface area (Å²) in [6, 6.07) is -0.874. The number of hydrogen-bond donors (Lipinski definition) is 2. The SMILES string of the molecule is NCCCCC(NC(=O)C1CCCC1)C(=O)COc1c(F)c(F)cc(F)c1F. The lowest BCUT2D eigenvalue weighted by Crippen LogP contribution is -2.45. The van der Waals surface area contributed by atoms with E-state index in [0.717, 1.165) is 25.7 Å². The predicted molar refractivity (Wildman–Crippen MR) is 93.6 cm³/mol. The van der Waals surface area contributed by atoms with Crippen LogP contribution in [-0.2, 0) is 9.59 Å². The van der Waals surface area contributed by atoms with Crippen LogP contribution >= 0.6 is 0 Å². The Bertz CT molecular complexity index is 683. The first-order valence-electron chi connectivity index (χ1n) is 9.34. The number of hydrogen-bond acceptors (Lipinski definition) is 4. The number of rotatable bonds is 10. The van der Waals surface area contributed by atoms with Gasteiger partial charge in [0.25, 0.3) is 0 Å². The van der Waals surface area contributed by atoms with E-state index in [0.29, 0.717) is 19.4 Å². The maximum absolute atomic E-state index is 13.7. The van der Waals surface area contributed by atoms with E-state index < -0.39 is 47.5 Å². The summed E-state index contributed by atoms with van der Waals surface area (Å²) in [5, 5.41) is 2.66. The largest absolute Gasteiger partial charge is 0.479 e. The van der Waals surface area contributed by atoms with Gasteiger partial charge in [-0.2, -0.15) is 8.78 Å². The Hall–Kier alpha value is -2.16. The van der Waals surface area contributed by atoms with Crippen molar-refractivity contribution in [2.24, 2.45) is 11.7 Å². The Balaban J connectivity index is 2.04. The van der Waals surface area contributed by atoms with Crippen molar-refractivity contribution in [1.29, 1.82) is 0 Å². The van der Waals surface area contributed by atoms with Crippen molar-refractivity contribution in [2.45, 2.75) is 51.0 Å². The summed E-state index contributed by atoms with van der Waals surface area (Å²) in [4.78, 5) is 24.8. The molecule has 1 aromatic rings. The van der Waals surface area contributed by atoms with Gasteiger partial charge in [-0.05, 0) is 38.6 Å². The number of carbonyl (C=O) groups excluding carboxylic acids is 2. The van der Waals surface area contributed by atoms with Gasteiger partial charge in [-0.3, -0.25) is 9.59 Å². The number of amides is 1. The first kappa shape index (κ1) is 22.1. The van der Waals surface area contributed by atoms with E-state index >= 15 is 0 Å². The number of ketones is 1. The van der Waals surface area contributed by atoms with Crippen LogP contribution in [0.25, 0.3) is 0 Å². The van der Waals surface area contributed by atoms with Crippen molar-refractivity contribution < 1.29 is 31.9 Å². The molecule has 0 saturated heterocycles. The average Bonchev–Trinajstić information content (AvgIpc) is 3.20. The lowest BCUT2D eigenvalue weighted by atomic mass is 10.0. The molecule has 3 N–H and O–H groups in total. The number of nitrogens with one attached hydrogen (secondary N) is 1. The van der Waals surface area contributed by atoms with Crippen LogP contribution < -0.4 is 15.8 Å². The van der Waals surface area contributed by atoms with Gasteiger partial charge in [0, 0.05) is 12.0 Å². The van der Waals surface area contributed by atoms with Gasteiger partial charge in [-0.1, -0.05) is 12.8 Å². The number of ether oxygens (including phenoxy) is 1. The van der Waals surface area contributed by atoms with E-state index in [4.69, 9.17) is 10.5 Å². The summed E-state index contributed by atoms with van der Waals surface area (Å²) < 4.78 is 58.5. The molecule has 156 valence electrons. The minimum absolute atomic E-state index is 0.0524. The number of Topliss-reactive ketones (excluding diaryl/α,β-unsaturated/α-hetero) is 1. The Labute approximate surface area is 160 Å². The minimum Gasteiger partial charge on any atom is -0.479 e. The van der Waals surface area contributed by atoms with Crippen LogP contribution in [0.1, 0.15) is 44.9 Å². The van der Waals surface area contributed by atoms with E-state index in [2.05, 4.69) is 5.32 Å². The van der Waals surface area contributed by atoms with Gasteiger partial charge in [0.05, 0.1) is 6.04 Å². The van der Waals surface area contributed by atoms with Crippen molar-refractivity contribution in [3.05, 3.63) is 29.3 Å². The molecular formula is C19H24F4N2O3. The lowest BCUT2D eigenvalue weighted by molar-refractivity contribution is -0.131.